The second-order valence-corrected chi connectivity index (χ2v) is 6.45. The van der Waals surface area contributed by atoms with Gasteiger partial charge in [-0.2, -0.15) is 0 Å². The topological polar surface area (TPSA) is 94.7 Å². The quantitative estimate of drug-likeness (QED) is 0.359. The molecule has 5 rings (SSSR count). The average Bonchev–Trinajstić information content (AvgIpc) is 3.47. The molecule has 6 nitrogen and oxygen atoms in total. The van der Waals surface area contributed by atoms with Gasteiger partial charge >= 0.3 is 5.97 Å². The van der Waals surface area contributed by atoms with Gasteiger partial charge in [0.05, 0.1) is 22.8 Å². The molecule has 3 aromatic rings. The molecule has 6 heteroatoms. The lowest BCUT2D eigenvalue weighted by Gasteiger charge is -1.85. The van der Waals surface area contributed by atoms with Crippen LogP contribution in [0.15, 0.2) is 61.2 Å². The molecule has 0 aliphatic carbocycles. The van der Waals surface area contributed by atoms with Crippen molar-refractivity contribution in [1.29, 1.82) is 0 Å². The van der Waals surface area contributed by atoms with E-state index in [1.54, 1.807) is 0 Å². The second-order valence-electron chi connectivity index (χ2n) is 6.45. The largest absolute Gasteiger partial charge is 0.478 e. The summed E-state index contributed by atoms with van der Waals surface area (Å²) in [6.07, 6.45) is 8.92. The summed E-state index contributed by atoms with van der Waals surface area (Å²) in [7, 11) is 0. The molecule has 8 bridgehead atoms. The van der Waals surface area contributed by atoms with E-state index < -0.39 is 5.97 Å². The predicted molar refractivity (Wildman–Crippen MR) is 117 cm³/mol. The maximum absolute atomic E-state index is 9.25. The molecule has 0 fully saturated rings. The lowest BCUT2D eigenvalue weighted by Crippen LogP contribution is -1.82. The highest BCUT2D eigenvalue weighted by atomic mass is 16.4. The first-order valence-electron chi connectivity index (χ1n) is 8.97. The summed E-state index contributed by atoms with van der Waals surface area (Å²) in [6, 6.07) is 16.4. The Morgan fingerprint density at radius 2 is 1.00 bits per heavy atom. The molecule has 0 atom stereocenters. The Hall–Kier alpha value is -4.19. The maximum Gasteiger partial charge on any atom is 0.327 e. The first-order valence-corrected chi connectivity index (χ1v) is 8.97. The second kappa shape index (κ2) is 7.82. The van der Waals surface area contributed by atoms with Gasteiger partial charge in [0.25, 0.3) is 0 Å². The van der Waals surface area contributed by atoms with Gasteiger partial charge in [-0.1, -0.05) is 6.58 Å². The zero-order valence-electron chi connectivity index (χ0n) is 15.5. The summed E-state index contributed by atoms with van der Waals surface area (Å²) in [4.78, 5) is 25.3. The van der Waals surface area contributed by atoms with Crippen LogP contribution in [0.2, 0.25) is 0 Å². The van der Waals surface area contributed by atoms with Crippen molar-refractivity contribution in [2.24, 2.45) is 0 Å². The first kappa shape index (κ1) is 18.2. The van der Waals surface area contributed by atoms with E-state index in [2.05, 4.69) is 50.8 Å². The third-order valence-corrected chi connectivity index (χ3v) is 4.22. The smallest absolute Gasteiger partial charge is 0.327 e. The molecule has 0 amide bonds. The van der Waals surface area contributed by atoms with E-state index >= 15 is 0 Å². The standard InChI is InChI=1S/C20H14N4.C3H4O2/c1-2-14-10-16-5-6-18(23-16)12-20-8-7-19(24-20)11-17-4-3-15(22-17)9-13(1)21-14;1-2-3(4)5/h1-12,21,24H;2H,1H2,(H,4,5). The highest BCUT2D eigenvalue weighted by Gasteiger charge is 2.01. The van der Waals surface area contributed by atoms with Crippen LogP contribution in [0.1, 0.15) is 22.8 Å². The van der Waals surface area contributed by atoms with Gasteiger partial charge in [0.15, 0.2) is 0 Å². The molecule has 3 aromatic heterocycles. The van der Waals surface area contributed by atoms with Gasteiger partial charge in [-0.05, 0) is 72.8 Å². The third kappa shape index (κ3) is 4.56. The predicted octanol–water partition coefficient (Wildman–Crippen LogP) is 4.91. The number of hydrogen-bond acceptors (Lipinski definition) is 3. The van der Waals surface area contributed by atoms with Crippen LogP contribution >= 0.6 is 0 Å². The summed E-state index contributed by atoms with van der Waals surface area (Å²) < 4.78 is 0. The summed E-state index contributed by atoms with van der Waals surface area (Å²) >= 11 is 0. The number of carboxylic acid groups (broad SMARTS) is 1. The molecule has 0 unspecified atom stereocenters. The number of aromatic nitrogens is 4. The highest BCUT2D eigenvalue weighted by Crippen LogP contribution is 2.16. The molecule has 29 heavy (non-hydrogen) atoms. The van der Waals surface area contributed by atoms with Crippen LogP contribution in [-0.2, 0) is 4.79 Å². The Bertz CT molecular complexity index is 1130. The molecular formula is C23H18N4O2. The SMILES string of the molecule is C1=Cc2cc3ccc(cc4nc(cc5ccc(cc1n2)[nH]5)C=C4)[nH]3.C=CC(=O)O. The zero-order valence-corrected chi connectivity index (χ0v) is 15.5. The molecule has 2 aliphatic heterocycles. The number of rotatable bonds is 1. The highest BCUT2D eigenvalue weighted by molar-refractivity contribution is 5.79. The van der Waals surface area contributed by atoms with Crippen molar-refractivity contribution >= 4 is 52.3 Å². The lowest BCUT2D eigenvalue weighted by atomic mass is 10.3. The van der Waals surface area contributed by atoms with Crippen molar-refractivity contribution in [3.63, 3.8) is 0 Å². The van der Waals surface area contributed by atoms with Crippen LogP contribution in [0.3, 0.4) is 0 Å². The Morgan fingerprint density at radius 1 is 0.724 bits per heavy atom. The number of nitrogens with zero attached hydrogens (tertiary/aromatic N) is 2. The molecule has 3 N–H and O–H groups in total. The van der Waals surface area contributed by atoms with E-state index in [1.807, 2.05) is 48.6 Å². The minimum atomic E-state index is -0.981. The van der Waals surface area contributed by atoms with Crippen molar-refractivity contribution in [3.05, 3.63) is 84.0 Å². The molecule has 0 spiro atoms. The molecule has 0 saturated heterocycles. The molecule has 142 valence electrons. The minimum Gasteiger partial charge on any atom is -0.478 e. The molecule has 0 aromatic carbocycles. The Kier molecular flexibility index (Phi) is 4.90. The number of nitrogens with one attached hydrogen (secondary N) is 2. The number of carboxylic acids is 1. The van der Waals surface area contributed by atoms with Crippen LogP contribution < -0.4 is 0 Å². The normalized spacial score (nSPS) is 11.6. The Morgan fingerprint density at radius 3 is 1.24 bits per heavy atom. The van der Waals surface area contributed by atoms with Crippen LogP contribution in [0, 0.1) is 0 Å². The van der Waals surface area contributed by atoms with Crippen molar-refractivity contribution < 1.29 is 9.90 Å². The van der Waals surface area contributed by atoms with Crippen LogP contribution in [0.25, 0.3) is 46.4 Å². The van der Waals surface area contributed by atoms with Gasteiger partial charge in [-0.25, -0.2) is 14.8 Å². The number of carbonyl (C=O) groups is 1. The first-order chi connectivity index (χ1) is 14.1. The fourth-order valence-electron chi connectivity index (χ4n) is 2.94. The van der Waals surface area contributed by atoms with Crippen LogP contribution in [-0.4, -0.2) is 31.0 Å². The fraction of sp³-hybridized carbons (Fsp3) is 0. The number of H-pyrrole nitrogens is 2. The average molecular weight is 382 g/mol. The van der Waals surface area contributed by atoms with Gasteiger partial charge in [0.2, 0.25) is 0 Å². The summed E-state index contributed by atoms with van der Waals surface area (Å²) in [5.41, 5.74) is 7.86. The van der Waals surface area contributed by atoms with E-state index in [-0.39, 0.29) is 0 Å². The number of aromatic amines is 2. The Balaban J connectivity index is 0.000000369. The summed E-state index contributed by atoms with van der Waals surface area (Å²) in [5.74, 6) is -0.981. The molecule has 0 radical (unpaired) electrons. The molecule has 5 heterocycles. The van der Waals surface area contributed by atoms with Crippen LogP contribution in [0.5, 0.6) is 0 Å². The van der Waals surface area contributed by atoms with Gasteiger partial charge in [0.1, 0.15) is 0 Å². The minimum absolute atomic E-state index is 0.833. The van der Waals surface area contributed by atoms with E-state index in [1.165, 1.54) is 0 Å². The molecule has 0 saturated carbocycles. The van der Waals surface area contributed by atoms with E-state index in [0.717, 1.165) is 50.9 Å². The number of hydrogen-bond donors (Lipinski definition) is 3. The lowest BCUT2D eigenvalue weighted by molar-refractivity contribution is -0.131. The van der Waals surface area contributed by atoms with Crippen LogP contribution in [0.4, 0.5) is 0 Å². The molecule has 2 aliphatic rings. The third-order valence-electron chi connectivity index (χ3n) is 4.22. The molecular weight excluding hydrogens is 364 g/mol. The Labute approximate surface area is 166 Å². The van der Waals surface area contributed by atoms with E-state index in [4.69, 9.17) is 5.11 Å². The van der Waals surface area contributed by atoms with Gasteiger partial charge in [-0.3, -0.25) is 0 Å². The van der Waals surface area contributed by atoms with E-state index in [0.29, 0.717) is 0 Å². The maximum atomic E-state index is 9.25. The van der Waals surface area contributed by atoms with Gasteiger partial charge in [-0.15, -0.1) is 0 Å². The fourth-order valence-corrected chi connectivity index (χ4v) is 2.94. The van der Waals surface area contributed by atoms with E-state index in [9.17, 15) is 4.79 Å². The summed E-state index contributed by atoms with van der Waals surface area (Å²) in [5, 5.41) is 7.60. The van der Waals surface area contributed by atoms with Crippen molar-refractivity contribution in [2.75, 3.05) is 0 Å². The van der Waals surface area contributed by atoms with Crippen molar-refractivity contribution in [1.82, 2.24) is 19.9 Å². The summed E-state index contributed by atoms with van der Waals surface area (Å²) in [6.45, 7) is 2.96. The van der Waals surface area contributed by atoms with Crippen molar-refractivity contribution in [2.45, 2.75) is 0 Å². The van der Waals surface area contributed by atoms with Gasteiger partial charge < -0.3 is 15.1 Å². The van der Waals surface area contributed by atoms with Gasteiger partial charge in [0, 0.05) is 28.1 Å². The zero-order chi connectivity index (χ0) is 20.2. The monoisotopic (exact) mass is 382 g/mol. The number of aliphatic carboxylic acids is 1. The van der Waals surface area contributed by atoms with Crippen molar-refractivity contribution in [3.8, 4) is 0 Å². The number of fused-ring (bicyclic) bond motifs is 8.